The van der Waals surface area contributed by atoms with E-state index in [0.717, 1.165) is 10.8 Å². The van der Waals surface area contributed by atoms with Gasteiger partial charge in [0.05, 0.1) is 26.0 Å². The van der Waals surface area contributed by atoms with Gasteiger partial charge in [-0.05, 0) is 65.4 Å². The molecule has 182 valence electrons. The van der Waals surface area contributed by atoms with Gasteiger partial charge in [0, 0.05) is 5.56 Å². The molecule has 4 aromatic carbocycles. The molecule has 0 unspecified atom stereocenters. The summed E-state index contributed by atoms with van der Waals surface area (Å²) in [6.45, 7) is -0.224. The fourth-order valence-corrected chi connectivity index (χ4v) is 3.41. The van der Waals surface area contributed by atoms with E-state index in [1.165, 1.54) is 6.21 Å². The van der Waals surface area contributed by atoms with E-state index in [9.17, 15) is 9.59 Å². The number of amides is 1. The molecule has 0 spiro atoms. The average molecular weight is 485 g/mol. The second kappa shape index (κ2) is 11.5. The number of fused-ring (bicyclic) bond motifs is 1. The van der Waals surface area contributed by atoms with E-state index in [-0.39, 0.29) is 6.61 Å². The lowest BCUT2D eigenvalue weighted by atomic mass is 10.0. The Hall–Kier alpha value is -4.85. The van der Waals surface area contributed by atoms with Crippen molar-refractivity contribution in [1.29, 1.82) is 0 Å². The van der Waals surface area contributed by atoms with Gasteiger partial charge in [0.1, 0.15) is 23.0 Å². The van der Waals surface area contributed by atoms with Crippen molar-refractivity contribution in [3.05, 3.63) is 96.1 Å². The molecule has 4 aromatic rings. The molecule has 0 saturated carbocycles. The molecule has 36 heavy (non-hydrogen) atoms. The van der Waals surface area contributed by atoms with Gasteiger partial charge >= 0.3 is 5.97 Å². The van der Waals surface area contributed by atoms with Crippen molar-refractivity contribution in [2.24, 2.45) is 5.10 Å². The van der Waals surface area contributed by atoms with Crippen molar-refractivity contribution < 1.29 is 28.5 Å². The third kappa shape index (κ3) is 5.98. The number of rotatable bonds is 9. The van der Waals surface area contributed by atoms with Gasteiger partial charge in [-0.3, -0.25) is 4.79 Å². The van der Waals surface area contributed by atoms with Crippen LogP contribution in [0, 0.1) is 0 Å². The standard InChI is InChI=1S/C28H24N2O6/c1-33-21-10-7-20(8-11-21)28(32)36-26-16-9-19-5-3-4-6-24(19)25(26)17-29-30-27(31)18-35-23-14-12-22(34-2)13-15-23/h3-17H,18H2,1-2H3,(H,30,31)/b29-17-. The maximum absolute atomic E-state index is 12.7. The van der Waals surface area contributed by atoms with Crippen molar-refractivity contribution in [1.82, 2.24) is 5.43 Å². The van der Waals surface area contributed by atoms with Crippen molar-refractivity contribution in [2.45, 2.75) is 0 Å². The van der Waals surface area contributed by atoms with Gasteiger partial charge in [0.15, 0.2) is 6.61 Å². The third-order valence-electron chi connectivity index (χ3n) is 5.27. The first-order valence-electron chi connectivity index (χ1n) is 11.0. The quantitative estimate of drug-likeness (QED) is 0.161. The Morgan fingerprint density at radius 3 is 2.14 bits per heavy atom. The van der Waals surface area contributed by atoms with Gasteiger partial charge < -0.3 is 18.9 Å². The number of benzene rings is 4. The first-order valence-corrected chi connectivity index (χ1v) is 11.0. The van der Waals surface area contributed by atoms with Crippen LogP contribution in [0.25, 0.3) is 10.8 Å². The number of hydrogen-bond donors (Lipinski definition) is 1. The van der Waals surface area contributed by atoms with Gasteiger partial charge in [-0.15, -0.1) is 0 Å². The van der Waals surface area contributed by atoms with Crippen molar-refractivity contribution in [2.75, 3.05) is 20.8 Å². The molecule has 0 saturated heterocycles. The van der Waals surface area contributed by atoms with Crippen molar-refractivity contribution in [3.8, 4) is 23.0 Å². The van der Waals surface area contributed by atoms with Crippen LogP contribution in [-0.4, -0.2) is 38.9 Å². The minimum absolute atomic E-state index is 0.224. The molecule has 0 radical (unpaired) electrons. The molecule has 0 atom stereocenters. The lowest BCUT2D eigenvalue weighted by molar-refractivity contribution is -0.123. The number of nitrogens with zero attached hydrogens (tertiary/aromatic N) is 1. The lowest BCUT2D eigenvalue weighted by Gasteiger charge is -2.11. The highest BCUT2D eigenvalue weighted by molar-refractivity contribution is 6.04. The van der Waals surface area contributed by atoms with Crippen LogP contribution < -0.4 is 24.4 Å². The molecule has 0 aliphatic rings. The smallest absolute Gasteiger partial charge is 0.343 e. The molecule has 0 heterocycles. The summed E-state index contributed by atoms with van der Waals surface area (Å²) in [5.74, 6) is 1.18. The first kappa shape index (κ1) is 24.3. The molecule has 0 aromatic heterocycles. The zero-order chi connectivity index (χ0) is 25.3. The van der Waals surface area contributed by atoms with E-state index >= 15 is 0 Å². The van der Waals surface area contributed by atoms with Crippen molar-refractivity contribution >= 4 is 28.9 Å². The van der Waals surface area contributed by atoms with E-state index in [2.05, 4.69) is 10.5 Å². The highest BCUT2D eigenvalue weighted by atomic mass is 16.5. The van der Waals surface area contributed by atoms with Crippen LogP contribution in [0.2, 0.25) is 0 Å². The van der Waals surface area contributed by atoms with Crippen LogP contribution >= 0.6 is 0 Å². The molecule has 1 amide bonds. The number of nitrogens with one attached hydrogen (secondary N) is 1. The lowest BCUT2D eigenvalue weighted by Crippen LogP contribution is -2.24. The Kier molecular flexibility index (Phi) is 7.77. The summed E-state index contributed by atoms with van der Waals surface area (Å²) in [7, 11) is 3.13. The normalized spacial score (nSPS) is 10.7. The maximum Gasteiger partial charge on any atom is 0.343 e. The molecule has 0 aliphatic carbocycles. The third-order valence-corrected chi connectivity index (χ3v) is 5.27. The summed E-state index contributed by atoms with van der Waals surface area (Å²) in [5, 5.41) is 5.80. The Bertz CT molecular complexity index is 1380. The number of hydrazone groups is 1. The topological polar surface area (TPSA) is 95.5 Å². The molecule has 8 heteroatoms. The highest BCUT2D eigenvalue weighted by Crippen LogP contribution is 2.27. The molecule has 0 aliphatic heterocycles. The molecule has 0 fully saturated rings. The van der Waals surface area contributed by atoms with Crippen molar-refractivity contribution in [3.63, 3.8) is 0 Å². The molecule has 8 nitrogen and oxygen atoms in total. The predicted octanol–water partition coefficient (Wildman–Crippen LogP) is 4.61. The maximum atomic E-state index is 12.7. The van der Waals surface area contributed by atoms with Crippen LogP contribution in [0.4, 0.5) is 0 Å². The minimum Gasteiger partial charge on any atom is -0.497 e. The zero-order valence-corrected chi connectivity index (χ0v) is 19.8. The predicted molar refractivity (Wildman–Crippen MR) is 136 cm³/mol. The van der Waals surface area contributed by atoms with Crippen LogP contribution in [-0.2, 0) is 4.79 Å². The Labute approximate surface area is 208 Å². The number of esters is 1. The largest absolute Gasteiger partial charge is 0.497 e. The zero-order valence-electron chi connectivity index (χ0n) is 19.8. The van der Waals surface area contributed by atoms with E-state index in [1.807, 2.05) is 30.3 Å². The monoisotopic (exact) mass is 484 g/mol. The molecule has 1 N–H and O–H groups in total. The summed E-state index contributed by atoms with van der Waals surface area (Å²) in [6.07, 6.45) is 1.45. The molecule has 4 rings (SSSR count). The minimum atomic E-state index is -0.528. The second-order valence-corrected chi connectivity index (χ2v) is 7.57. The van der Waals surface area contributed by atoms with Gasteiger partial charge in [0.25, 0.3) is 5.91 Å². The van der Waals surface area contributed by atoms with Crippen LogP contribution in [0.3, 0.4) is 0 Å². The number of carbonyl (C=O) groups is 2. The number of hydrogen-bond acceptors (Lipinski definition) is 7. The average Bonchev–Trinajstić information content (AvgIpc) is 2.93. The van der Waals surface area contributed by atoms with Crippen LogP contribution in [0.15, 0.2) is 90.0 Å². The summed E-state index contributed by atoms with van der Waals surface area (Å²) >= 11 is 0. The Morgan fingerprint density at radius 1 is 0.806 bits per heavy atom. The van der Waals surface area contributed by atoms with Crippen LogP contribution in [0.5, 0.6) is 23.0 Å². The van der Waals surface area contributed by atoms with E-state index in [1.54, 1.807) is 68.8 Å². The molecular weight excluding hydrogens is 460 g/mol. The number of ether oxygens (including phenoxy) is 4. The SMILES string of the molecule is COc1ccc(OCC(=O)N/N=C\c2c(OC(=O)c3ccc(OC)cc3)ccc3ccccc23)cc1. The van der Waals surface area contributed by atoms with Gasteiger partial charge in [-0.1, -0.05) is 30.3 Å². The van der Waals surface area contributed by atoms with E-state index in [0.29, 0.717) is 34.1 Å². The Balaban J connectivity index is 1.47. The summed E-state index contributed by atoms with van der Waals surface area (Å²) in [6, 6.07) is 24.6. The summed E-state index contributed by atoms with van der Waals surface area (Å²) in [5.41, 5.74) is 3.36. The number of carbonyl (C=O) groups excluding carboxylic acids is 2. The highest BCUT2D eigenvalue weighted by Gasteiger charge is 2.14. The van der Waals surface area contributed by atoms with Gasteiger partial charge in [-0.2, -0.15) is 5.10 Å². The van der Waals surface area contributed by atoms with E-state index < -0.39 is 11.9 Å². The van der Waals surface area contributed by atoms with E-state index in [4.69, 9.17) is 18.9 Å². The second-order valence-electron chi connectivity index (χ2n) is 7.57. The molecular formula is C28H24N2O6. The first-order chi connectivity index (χ1) is 17.6. The van der Waals surface area contributed by atoms with Gasteiger partial charge in [-0.25, -0.2) is 10.2 Å². The molecule has 0 bridgehead atoms. The van der Waals surface area contributed by atoms with Crippen LogP contribution in [0.1, 0.15) is 15.9 Å². The fourth-order valence-electron chi connectivity index (χ4n) is 3.41. The Morgan fingerprint density at radius 2 is 1.44 bits per heavy atom. The fraction of sp³-hybridized carbons (Fsp3) is 0.107. The number of methoxy groups -OCH3 is 2. The summed E-state index contributed by atoms with van der Waals surface area (Å²) < 4.78 is 21.4. The van der Waals surface area contributed by atoms with Gasteiger partial charge in [0.2, 0.25) is 0 Å². The summed E-state index contributed by atoms with van der Waals surface area (Å²) in [4.78, 5) is 25.0.